The molecule has 0 aliphatic rings. The fourth-order valence-corrected chi connectivity index (χ4v) is 1.13. The number of aromatic nitrogens is 3. The van der Waals surface area contributed by atoms with Crippen molar-refractivity contribution in [1.82, 2.24) is 14.8 Å². The van der Waals surface area contributed by atoms with E-state index in [4.69, 9.17) is 0 Å². The number of esters is 1. The van der Waals surface area contributed by atoms with E-state index in [0.717, 1.165) is 0 Å². The van der Waals surface area contributed by atoms with Gasteiger partial charge in [0.1, 0.15) is 12.7 Å². The number of ether oxygens (including phenoxy) is 1. The average molecular weight is 211 g/mol. The van der Waals surface area contributed by atoms with E-state index in [1.54, 1.807) is 6.92 Å². The van der Waals surface area contributed by atoms with Gasteiger partial charge in [0.05, 0.1) is 6.61 Å². The molecule has 0 spiro atoms. The number of hydrogen-bond acceptors (Lipinski definition) is 5. The topological polar surface area (TPSA) is 74.1 Å². The highest BCUT2D eigenvalue weighted by molar-refractivity contribution is 6.03. The second-order valence-corrected chi connectivity index (χ2v) is 2.80. The zero-order valence-electron chi connectivity index (χ0n) is 8.77. The molecule has 6 nitrogen and oxygen atoms in total. The third-order valence-electron chi connectivity index (χ3n) is 1.77. The van der Waals surface area contributed by atoms with E-state index in [1.807, 2.05) is 6.92 Å². The van der Waals surface area contributed by atoms with Crippen LogP contribution in [0.4, 0.5) is 0 Å². The van der Waals surface area contributed by atoms with Gasteiger partial charge < -0.3 is 4.74 Å². The summed E-state index contributed by atoms with van der Waals surface area (Å²) in [6.45, 7) is 4.35. The number of carbonyl (C=O) groups is 2. The third kappa shape index (κ3) is 2.87. The van der Waals surface area contributed by atoms with Gasteiger partial charge in [0.15, 0.2) is 5.82 Å². The first-order valence-corrected chi connectivity index (χ1v) is 4.75. The molecule has 0 amide bonds. The number of rotatable bonds is 5. The van der Waals surface area contributed by atoms with Gasteiger partial charge in [0.2, 0.25) is 5.78 Å². The van der Waals surface area contributed by atoms with Crippen LogP contribution in [0, 0.1) is 0 Å². The number of ketones is 1. The molecule has 0 aliphatic heterocycles. The summed E-state index contributed by atoms with van der Waals surface area (Å²) in [7, 11) is 0. The van der Waals surface area contributed by atoms with Crippen LogP contribution in [-0.4, -0.2) is 33.1 Å². The van der Waals surface area contributed by atoms with E-state index in [1.165, 1.54) is 11.0 Å². The maximum absolute atomic E-state index is 11.5. The quantitative estimate of drug-likeness (QED) is 0.401. The van der Waals surface area contributed by atoms with Crippen molar-refractivity contribution in [3.05, 3.63) is 12.2 Å². The molecule has 1 aromatic heterocycles. The molecular formula is C9H13N3O3. The first-order chi connectivity index (χ1) is 7.19. The Balaban J connectivity index is 2.65. The lowest BCUT2D eigenvalue weighted by Gasteiger charge is -2.02. The van der Waals surface area contributed by atoms with Crippen LogP contribution < -0.4 is 0 Å². The Morgan fingerprint density at radius 3 is 2.80 bits per heavy atom. The van der Waals surface area contributed by atoms with Gasteiger partial charge in [-0.1, -0.05) is 0 Å². The summed E-state index contributed by atoms with van der Waals surface area (Å²) in [4.78, 5) is 26.4. The maximum atomic E-state index is 11.5. The Morgan fingerprint density at radius 1 is 1.47 bits per heavy atom. The number of aryl methyl sites for hydroxylation is 1. The van der Waals surface area contributed by atoms with Crippen LogP contribution in [0.2, 0.25) is 0 Å². The van der Waals surface area contributed by atoms with E-state index in [9.17, 15) is 9.59 Å². The van der Waals surface area contributed by atoms with Gasteiger partial charge in [-0.2, -0.15) is 5.10 Å². The van der Waals surface area contributed by atoms with Crippen LogP contribution >= 0.6 is 0 Å². The van der Waals surface area contributed by atoms with Crippen molar-refractivity contribution in [2.45, 2.75) is 26.8 Å². The van der Waals surface area contributed by atoms with Crippen molar-refractivity contribution >= 4 is 11.8 Å². The monoisotopic (exact) mass is 211 g/mol. The van der Waals surface area contributed by atoms with Gasteiger partial charge in [-0.25, -0.2) is 9.67 Å². The second-order valence-electron chi connectivity index (χ2n) is 2.80. The predicted molar refractivity (Wildman–Crippen MR) is 51.3 cm³/mol. The smallest absolute Gasteiger partial charge is 0.313 e. The van der Waals surface area contributed by atoms with E-state index < -0.39 is 5.97 Å². The van der Waals surface area contributed by atoms with Gasteiger partial charge in [-0.15, -0.1) is 0 Å². The number of nitrogens with zero attached hydrogens (tertiary/aromatic N) is 3. The van der Waals surface area contributed by atoms with Crippen LogP contribution in [0.1, 0.15) is 30.9 Å². The minimum Gasteiger partial charge on any atom is -0.466 e. The second kappa shape index (κ2) is 5.23. The zero-order chi connectivity index (χ0) is 11.3. The molecule has 0 bridgehead atoms. The van der Waals surface area contributed by atoms with Gasteiger partial charge in [0.25, 0.3) is 0 Å². The third-order valence-corrected chi connectivity index (χ3v) is 1.77. The highest BCUT2D eigenvalue weighted by Gasteiger charge is 2.17. The standard InChI is InChI=1S/C9H13N3O3/c1-3-12-9(10-6-11-12)7(13)5-8(14)15-4-2/h6H,3-5H2,1-2H3. The lowest BCUT2D eigenvalue weighted by atomic mass is 10.2. The lowest BCUT2D eigenvalue weighted by Crippen LogP contribution is -2.16. The molecule has 1 rings (SSSR count). The molecule has 0 aromatic carbocycles. The highest BCUT2D eigenvalue weighted by Crippen LogP contribution is 2.00. The highest BCUT2D eigenvalue weighted by atomic mass is 16.5. The summed E-state index contributed by atoms with van der Waals surface area (Å²) < 4.78 is 6.11. The summed E-state index contributed by atoms with van der Waals surface area (Å²) in [6.07, 6.45) is 1.01. The normalized spacial score (nSPS) is 10.0. The van der Waals surface area contributed by atoms with Crippen molar-refractivity contribution in [3.63, 3.8) is 0 Å². The van der Waals surface area contributed by atoms with Crippen molar-refractivity contribution in [3.8, 4) is 0 Å². The SMILES string of the molecule is CCOC(=O)CC(=O)c1ncnn1CC. The van der Waals surface area contributed by atoms with Gasteiger partial charge in [-0.05, 0) is 13.8 Å². The van der Waals surface area contributed by atoms with Crippen LogP contribution in [0.5, 0.6) is 0 Å². The first kappa shape index (κ1) is 11.4. The van der Waals surface area contributed by atoms with Gasteiger partial charge >= 0.3 is 5.97 Å². The summed E-state index contributed by atoms with van der Waals surface area (Å²) in [5, 5.41) is 3.84. The van der Waals surface area contributed by atoms with Crippen LogP contribution in [-0.2, 0) is 16.1 Å². The number of carbonyl (C=O) groups excluding carboxylic acids is 2. The van der Waals surface area contributed by atoms with Gasteiger partial charge in [-0.3, -0.25) is 9.59 Å². The Morgan fingerprint density at radius 2 is 2.20 bits per heavy atom. The Hall–Kier alpha value is -1.72. The molecule has 0 radical (unpaired) electrons. The number of hydrogen-bond donors (Lipinski definition) is 0. The molecule has 0 fully saturated rings. The fraction of sp³-hybridized carbons (Fsp3) is 0.556. The first-order valence-electron chi connectivity index (χ1n) is 4.75. The van der Waals surface area contributed by atoms with Crippen LogP contribution in [0.25, 0.3) is 0 Å². The molecule has 0 N–H and O–H groups in total. The average Bonchev–Trinajstić information content (AvgIpc) is 2.65. The molecule has 0 saturated carbocycles. The minimum absolute atomic E-state index is 0.200. The Bertz CT molecular complexity index is 359. The largest absolute Gasteiger partial charge is 0.466 e. The lowest BCUT2D eigenvalue weighted by molar-refractivity contribution is -0.141. The number of Topliss-reactive ketones (excluding diaryl/α,β-unsaturated/α-hetero) is 1. The van der Waals surface area contributed by atoms with Gasteiger partial charge in [0, 0.05) is 6.54 Å². The molecule has 0 saturated heterocycles. The zero-order valence-corrected chi connectivity index (χ0v) is 8.77. The molecule has 0 aliphatic carbocycles. The molecule has 1 aromatic rings. The van der Waals surface area contributed by atoms with Crippen LogP contribution in [0.3, 0.4) is 0 Å². The fourth-order valence-electron chi connectivity index (χ4n) is 1.13. The molecule has 0 unspecified atom stereocenters. The van der Waals surface area contributed by atoms with Crippen molar-refractivity contribution in [2.75, 3.05) is 6.61 Å². The van der Waals surface area contributed by atoms with Crippen LogP contribution in [0.15, 0.2) is 6.33 Å². The van der Waals surface area contributed by atoms with E-state index in [-0.39, 0.29) is 24.6 Å². The minimum atomic E-state index is -0.534. The summed E-state index contributed by atoms with van der Waals surface area (Å²) in [5.41, 5.74) is 0. The van der Waals surface area contributed by atoms with E-state index in [2.05, 4.69) is 14.8 Å². The molecular weight excluding hydrogens is 198 g/mol. The molecule has 0 atom stereocenters. The molecule has 6 heteroatoms. The summed E-state index contributed by atoms with van der Waals surface area (Å²) in [6, 6.07) is 0. The molecule has 82 valence electrons. The van der Waals surface area contributed by atoms with Crippen molar-refractivity contribution in [2.24, 2.45) is 0 Å². The maximum Gasteiger partial charge on any atom is 0.313 e. The van der Waals surface area contributed by atoms with Crippen molar-refractivity contribution in [1.29, 1.82) is 0 Å². The predicted octanol–water partition coefficient (Wildman–Crippen LogP) is 0.434. The molecule has 15 heavy (non-hydrogen) atoms. The Kier molecular flexibility index (Phi) is 3.96. The van der Waals surface area contributed by atoms with E-state index in [0.29, 0.717) is 6.54 Å². The molecule has 1 heterocycles. The van der Waals surface area contributed by atoms with E-state index >= 15 is 0 Å². The summed E-state index contributed by atoms with van der Waals surface area (Å²) >= 11 is 0. The summed E-state index contributed by atoms with van der Waals surface area (Å²) in [5.74, 6) is -0.702. The van der Waals surface area contributed by atoms with Crippen molar-refractivity contribution < 1.29 is 14.3 Å². The Labute approximate surface area is 87.2 Å².